The molecule has 8 nitrogen and oxygen atoms in total. The third-order valence-electron chi connectivity index (χ3n) is 4.34. The lowest BCUT2D eigenvalue weighted by atomic mass is 10.2. The van der Waals surface area contributed by atoms with Crippen LogP contribution in [0.5, 0.6) is 0 Å². The number of ether oxygens (including phenoxy) is 1. The molecule has 0 aliphatic heterocycles. The summed E-state index contributed by atoms with van der Waals surface area (Å²) in [6.07, 6.45) is 0.267. The highest BCUT2D eigenvalue weighted by Gasteiger charge is 2.21. The van der Waals surface area contributed by atoms with Crippen LogP contribution in [0, 0.1) is 6.92 Å². The number of benzene rings is 2. The Morgan fingerprint density at radius 3 is 2.25 bits per heavy atom. The molecule has 0 saturated carbocycles. The highest BCUT2D eigenvalue weighted by molar-refractivity contribution is 7.92. The summed E-state index contributed by atoms with van der Waals surface area (Å²) >= 11 is 5.75. The summed E-state index contributed by atoms with van der Waals surface area (Å²) < 4.78 is 32.7. The minimum Gasteiger partial charge on any atom is -0.449 e. The highest BCUT2D eigenvalue weighted by atomic mass is 35.5. The molecular formula is C22H20ClN3O5S. The molecule has 1 aromatic heterocycles. The quantitative estimate of drug-likeness (QED) is 0.501. The summed E-state index contributed by atoms with van der Waals surface area (Å²) in [5.41, 5.74) is 1.53. The summed E-state index contributed by atoms with van der Waals surface area (Å²) in [4.78, 5) is 28.5. The third kappa shape index (κ3) is 6.05. The fourth-order valence-corrected chi connectivity index (χ4v) is 3.74. The van der Waals surface area contributed by atoms with E-state index in [1.165, 1.54) is 43.5 Å². The van der Waals surface area contributed by atoms with E-state index < -0.39 is 28.0 Å². The Kier molecular flexibility index (Phi) is 7.12. The topological polar surface area (TPSA) is 114 Å². The van der Waals surface area contributed by atoms with Crippen molar-refractivity contribution in [2.75, 3.05) is 10.0 Å². The van der Waals surface area contributed by atoms with Gasteiger partial charge in [0.2, 0.25) is 0 Å². The van der Waals surface area contributed by atoms with E-state index in [1.54, 1.807) is 30.3 Å². The van der Waals surface area contributed by atoms with Gasteiger partial charge in [-0.1, -0.05) is 29.3 Å². The van der Waals surface area contributed by atoms with E-state index in [0.29, 0.717) is 10.7 Å². The Morgan fingerprint density at radius 2 is 1.66 bits per heavy atom. The molecule has 0 aliphatic carbocycles. The minimum atomic E-state index is -3.83. The summed E-state index contributed by atoms with van der Waals surface area (Å²) in [7, 11) is -3.83. The Hall–Kier alpha value is -3.43. The first kappa shape index (κ1) is 23.2. The number of aryl methyl sites for hydroxylation is 1. The van der Waals surface area contributed by atoms with Gasteiger partial charge in [0, 0.05) is 11.9 Å². The molecule has 0 aliphatic rings. The maximum Gasteiger partial charge on any atom is 0.338 e. The van der Waals surface area contributed by atoms with Gasteiger partial charge in [0.1, 0.15) is 5.82 Å². The van der Waals surface area contributed by atoms with E-state index >= 15 is 0 Å². The molecule has 166 valence electrons. The van der Waals surface area contributed by atoms with Crippen molar-refractivity contribution in [2.24, 2.45) is 0 Å². The Balaban J connectivity index is 1.61. The maximum absolute atomic E-state index is 12.5. The summed E-state index contributed by atoms with van der Waals surface area (Å²) in [6.45, 7) is 3.31. The molecule has 1 amide bonds. The average Bonchev–Trinajstić information content (AvgIpc) is 2.76. The summed E-state index contributed by atoms with van der Waals surface area (Å²) in [6, 6.07) is 15.2. The van der Waals surface area contributed by atoms with E-state index in [-0.39, 0.29) is 16.3 Å². The van der Waals surface area contributed by atoms with Crippen molar-refractivity contribution >= 4 is 45.0 Å². The SMILES string of the molecule is Cc1ccc(NS(=O)(=O)c2ccc(C(=O)OC(C)C(=O)Nc3ccc(Cl)cn3)cc2)cc1. The molecule has 1 heterocycles. The molecule has 1 unspecified atom stereocenters. The summed E-state index contributed by atoms with van der Waals surface area (Å²) in [5.74, 6) is -1.08. The van der Waals surface area contributed by atoms with Gasteiger partial charge < -0.3 is 10.1 Å². The number of carbonyl (C=O) groups excluding carboxylic acids is 2. The lowest BCUT2D eigenvalue weighted by Gasteiger charge is -2.13. The molecule has 32 heavy (non-hydrogen) atoms. The molecule has 0 bridgehead atoms. The number of aromatic nitrogens is 1. The molecular weight excluding hydrogens is 454 g/mol. The molecule has 0 fully saturated rings. The van der Waals surface area contributed by atoms with Crippen LogP contribution < -0.4 is 10.0 Å². The van der Waals surface area contributed by atoms with Crippen LogP contribution in [0.4, 0.5) is 11.5 Å². The van der Waals surface area contributed by atoms with Crippen molar-refractivity contribution in [3.05, 3.63) is 83.0 Å². The predicted octanol–water partition coefficient (Wildman–Crippen LogP) is 4.03. The van der Waals surface area contributed by atoms with Crippen LogP contribution in [0.2, 0.25) is 5.02 Å². The standard InChI is InChI=1S/C22H20ClN3O5S/c1-14-3-8-18(9-4-14)26-32(29,30)19-10-5-16(6-11-19)22(28)31-15(2)21(27)25-20-12-7-17(23)13-24-20/h3-13,15,26H,1-2H3,(H,24,25,27). The van der Waals surface area contributed by atoms with Crippen LogP contribution in [0.3, 0.4) is 0 Å². The molecule has 0 saturated heterocycles. The molecule has 2 N–H and O–H groups in total. The van der Waals surface area contributed by atoms with Crippen LogP contribution in [-0.4, -0.2) is 31.4 Å². The number of amides is 1. The zero-order valence-electron chi connectivity index (χ0n) is 17.2. The van der Waals surface area contributed by atoms with Gasteiger partial charge in [-0.3, -0.25) is 9.52 Å². The Labute approximate surface area is 190 Å². The van der Waals surface area contributed by atoms with Gasteiger partial charge in [-0.2, -0.15) is 0 Å². The van der Waals surface area contributed by atoms with Crippen LogP contribution in [0.25, 0.3) is 0 Å². The van der Waals surface area contributed by atoms with E-state index in [9.17, 15) is 18.0 Å². The van der Waals surface area contributed by atoms with Crippen LogP contribution in [0.15, 0.2) is 71.8 Å². The number of esters is 1. The lowest BCUT2D eigenvalue weighted by Crippen LogP contribution is -2.30. The second-order valence-electron chi connectivity index (χ2n) is 6.89. The van der Waals surface area contributed by atoms with Crippen molar-refractivity contribution < 1.29 is 22.7 Å². The normalized spacial score (nSPS) is 12.0. The van der Waals surface area contributed by atoms with Gasteiger partial charge in [-0.15, -0.1) is 0 Å². The lowest BCUT2D eigenvalue weighted by molar-refractivity contribution is -0.123. The van der Waals surface area contributed by atoms with Crippen molar-refractivity contribution in [3.63, 3.8) is 0 Å². The smallest absolute Gasteiger partial charge is 0.338 e. The molecule has 3 rings (SSSR count). The van der Waals surface area contributed by atoms with Crippen molar-refractivity contribution in [3.8, 4) is 0 Å². The second-order valence-corrected chi connectivity index (χ2v) is 9.01. The van der Waals surface area contributed by atoms with Gasteiger partial charge in [-0.05, 0) is 62.4 Å². The van der Waals surface area contributed by atoms with Crippen LogP contribution in [-0.2, 0) is 19.6 Å². The monoisotopic (exact) mass is 473 g/mol. The Morgan fingerprint density at radius 1 is 1.00 bits per heavy atom. The molecule has 0 spiro atoms. The number of sulfonamides is 1. The van der Waals surface area contributed by atoms with Crippen molar-refractivity contribution in [2.45, 2.75) is 24.8 Å². The molecule has 3 aromatic rings. The first-order valence-electron chi connectivity index (χ1n) is 9.47. The predicted molar refractivity (Wildman–Crippen MR) is 121 cm³/mol. The number of anilines is 2. The minimum absolute atomic E-state index is 0.0192. The molecule has 2 aromatic carbocycles. The van der Waals surface area contributed by atoms with Gasteiger partial charge in [-0.25, -0.2) is 18.2 Å². The van der Waals surface area contributed by atoms with E-state index in [0.717, 1.165) is 5.56 Å². The fraction of sp³-hybridized carbons (Fsp3) is 0.136. The number of carbonyl (C=O) groups is 2. The van der Waals surface area contributed by atoms with Gasteiger partial charge in [0.25, 0.3) is 15.9 Å². The number of nitrogens with one attached hydrogen (secondary N) is 2. The zero-order valence-corrected chi connectivity index (χ0v) is 18.8. The van der Waals surface area contributed by atoms with Crippen molar-refractivity contribution in [1.82, 2.24) is 4.98 Å². The Bertz CT molecular complexity index is 1210. The maximum atomic E-state index is 12.5. The van der Waals surface area contributed by atoms with Gasteiger partial charge >= 0.3 is 5.97 Å². The number of hydrogen-bond acceptors (Lipinski definition) is 6. The number of hydrogen-bond donors (Lipinski definition) is 2. The number of pyridine rings is 1. The number of halogens is 1. The first-order chi connectivity index (χ1) is 15.1. The van der Waals surface area contributed by atoms with Gasteiger partial charge in [0.05, 0.1) is 15.5 Å². The number of nitrogens with zero attached hydrogens (tertiary/aromatic N) is 1. The van der Waals surface area contributed by atoms with Crippen LogP contribution in [0.1, 0.15) is 22.8 Å². The van der Waals surface area contributed by atoms with Crippen LogP contribution >= 0.6 is 11.6 Å². The van der Waals surface area contributed by atoms with Crippen molar-refractivity contribution in [1.29, 1.82) is 0 Å². The highest BCUT2D eigenvalue weighted by Crippen LogP contribution is 2.18. The molecule has 10 heteroatoms. The van der Waals surface area contributed by atoms with E-state index in [2.05, 4.69) is 15.0 Å². The largest absolute Gasteiger partial charge is 0.449 e. The zero-order chi connectivity index (χ0) is 23.3. The number of rotatable bonds is 7. The average molecular weight is 474 g/mol. The third-order valence-corrected chi connectivity index (χ3v) is 5.96. The first-order valence-corrected chi connectivity index (χ1v) is 11.3. The fourth-order valence-electron chi connectivity index (χ4n) is 2.57. The second kappa shape index (κ2) is 9.80. The van der Waals surface area contributed by atoms with Gasteiger partial charge in [0.15, 0.2) is 6.10 Å². The van der Waals surface area contributed by atoms with E-state index in [1.807, 2.05) is 6.92 Å². The summed E-state index contributed by atoms with van der Waals surface area (Å²) in [5, 5.41) is 2.93. The molecule has 0 radical (unpaired) electrons. The van der Waals surface area contributed by atoms with E-state index in [4.69, 9.17) is 16.3 Å². The molecule has 1 atom stereocenters.